The first-order valence-electron chi connectivity index (χ1n) is 4.72. The van der Waals surface area contributed by atoms with Crippen molar-refractivity contribution < 1.29 is 5.11 Å². The number of fused-ring (bicyclic) bond motifs is 1. The first-order chi connectivity index (χ1) is 8.82. The fourth-order valence-corrected chi connectivity index (χ4v) is 3.60. The van der Waals surface area contributed by atoms with Crippen molar-refractivity contribution >= 4 is 92.0 Å². The molecule has 1 nitrogen and oxygen atoms in total. The van der Waals surface area contributed by atoms with E-state index < -0.39 is 6.61 Å². The van der Waals surface area contributed by atoms with Crippen LogP contribution in [0.2, 0.25) is 35.2 Å². The Kier molecular flexibility index (Phi) is 4.93. The molecule has 1 radical (unpaired) electrons. The van der Waals surface area contributed by atoms with Gasteiger partial charge in [-0.3, -0.25) is 0 Å². The van der Waals surface area contributed by atoms with Crippen LogP contribution in [0.1, 0.15) is 5.56 Å². The fourth-order valence-electron chi connectivity index (χ4n) is 1.70. The van der Waals surface area contributed by atoms with Gasteiger partial charge in [0.15, 0.2) is 0 Å². The molecule has 0 aliphatic carbocycles. The van der Waals surface area contributed by atoms with Crippen LogP contribution in [0.25, 0.3) is 10.8 Å². The molecule has 0 aromatic heterocycles. The number of halogens is 7. The van der Waals surface area contributed by atoms with Gasteiger partial charge in [-0.1, -0.05) is 81.2 Å². The van der Waals surface area contributed by atoms with Crippen LogP contribution in [-0.4, -0.2) is 0 Å². The molecule has 8 heteroatoms. The summed E-state index contributed by atoms with van der Waals surface area (Å²) in [7, 11) is 0. The lowest BCUT2D eigenvalue weighted by atomic mass is 10.0. The minimum atomic E-state index is -0.653. The van der Waals surface area contributed by atoms with E-state index in [2.05, 4.69) is 0 Å². The largest absolute Gasteiger partial charge is 0.231 e. The van der Waals surface area contributed by atoms with E-state index in [1.54, 1.807) is 0 Å². The summed E-state index contributed by atoms with van der Waals surface area (Å²) in [6, 6.07) is 0. The predicted molar refractivity (Wildman–Crippen MR) is 83.4 cm³/mol. The van der Waals surface area contributed by atoms with Crippen molar-refractivity contribution in [3.8, 4) is 0 Å². The molecule has 0 aliphatic rings. The Morgan fingerprint density at radius 1 is 0.526 bits per heavy atom. The van der Waals surface area contributed by atoms with E-state index in [-0.39, 0.29) is 51.5 Å². The zero-order valence-electron chi connectivity index (χ0n) is 8.76. The van der Waals surface area contributed by atoms with Gasteiger partial charge >= 0.3 is 0 Å². The second kappa shape index (κ2) is 5.82. The molecule has 101 valence electrons. The minimum absolute atomic E-state index is 0.0260. The summed E-state index contributed by atoms with van der Waals surface area (Å²) in [6.07, 6.45) is 0. The van der Waals surface area contributed by atoms with Crippen LogP contribution >= 0.6 is 81.2 Å². The molecule has 0 saturated heterocycles. The zero-order valence-corrected chi connectivity index (χ0v) is 14.1. The molecule has 0 bridgehead atoms. The Morgan fingerprint density at radius 2 is 0.895 bits per heavy atom. The van der Waals surface area contributed by atoms with Crippen LogP contribution in [0.15, 0.2) is 0 Å². The normalized spacial score (nSPS) is 11.4. The SMILES string of the molecule is [O]Cc1c(Cl)c(Cl)c(Cl)c2c(Cl)c(Cl)c(Cl)c(Cl)c12. The van der Waals surface area contributed by atoms with Gasteiger partial charge in [-0.25, -0.2) is 5.11 Å². The molecule has 0 N–H and O–H groups in total. The van der Waals surface area contributed by atoms with Gasteiger partial charge in [-0.2, -0.15) is 0 Å². The van der Waals surface area contributed by atoms with E-state index in [4.69, 9.17) is 81.2 Å². The monoisotopic (exact) mass is 395 g/mol. The molecule has 0 heterocycles. The van der Waals surface area contributed by atoms with E-state index in [9.17, 15) is 5.11 Å². The zero-order chi connectivity index (χ0) is 14.5. The lowest BCUT2D eigenvalue weighted by Crippen LogP contribution is -1.93. The van der Waals surface area contributed by atoms with Crippen molar-refractivity contribution in [2.45, 2.75) is 6.61 Å². The number of hydrogen-bond acceptors (Lipinski definition) is 0. The second-order valence-electron chi connectivity index (χ2n) is 3.57. The smallest absolute Gasteiger partial charge is 0.109 e. The first kappa shape index (κ1) is 16.1. The molecule has 19 heavy (non-hydrogen) atoms. The van der Waals surface area contributed by atoms with Crippen LogP contribution in [0.5, 0.6) is 0 Å². The summed E-state index contributed by atoms with van der Waals surface area (Å²) < 4.78 is 0. The Hall–Kier alpha value is 0.690. The summed E-state index contributed by atoms with van der Waals surface area (Å²) in [5.74, 6) is 0. The van der Waals surface area contributed by atoms with Crippen molar-refractivity contribution in [3.63, 3.8) is 0 Å². The standard InChI is InChI=1S/C11H2Cl7O/c12-5-2(1-19)3-4(7(14)9(5)16)8(15)11(18)10(17)6(3)13/h1H2. The van der Waals surface area contributed by atoms with Crippen LogP contribution in [0.3, 0.4) is 0 Å². The van der Waals surface area contributed by atoms with Crippen LogP contribution in [-0.2, 0) is 11.7 Å². The Labute approximate surface area is 143 Å². The topological polar surface area (TPSA) is 19.9 Å². The van der Waals surface area contributed by atoms with Gasteiger partial charge in [-0.15, -0.1) is 0 Å². The maximum absolute atomic E-state index is 11.3. The number of benzene rings is 2. The molecule has 0 aliphatic heterocycles. The highest BCUT2D eigenvalue weighted by Crippen LogP contribution is 2.50. The van der Waals surface area contributed by atoms with E-state index in [1.165, 1.54) is 0 Å². The fraction of sp³-hybridized carbons (Fsp3) is 0.0909. The van der Waals surface area contributed by atoms with E-state index in [1.807, 2.05) is 0 Å². The molecule has 0 unspecified atom stereocenters. The minimum Gasteiger partial charge on any atom is -0.231 e. The summed E-state index contributed by atoms with van der Waals surface area (Å²) in [5.41, 5.74) is 0.177. The van der Waals surface area contributed by atoms with Crippen molar-refractivity contribution in [1.29, 1.82) is 0 Å². The molecule has 0 amide bonds. The van der Waals surface area contributed by atoms with Crippen molar-refractivity contribution in [2.75, 3.05) is 0 Å². The summed E-state index contributed by atoms with van der Waals surface area (Å²) in [4.78, 5) is 0. The van der Waals surface area contributed by atoms with Gasteiger partial charge < -0.3 is 0 Å². The lowest BCUT2D eigenvalue weighted by Gasteiger charge is -2.15. The van der Waals surface area contributed by atoms with Gasteiger partial charge in [-0.05, 0) is 0 Å². The molecule has 0 saturated carbocycles. The Bertz CT molecular complexity index is 688. The lowest BCUT2D eigenvalue weighted by molar-refractivity contribution is 0.179. The predicted octanol–water partition coefficient (Wildman–Crippen LogP) is 7.34. The van der Waals surface area contributed by atoms with Crippen LogP contribution < -0.4 is 0 Å². The summed E-state index contributed by atoms with van der Waals surface area (Å²) >= 11 is 42.2. The number of hydrogen-bond donors (Lipinski definition) is 0. The van der Waals surface area contributed by atoms with E-state index in [0.717, 1.165) is 0 Å². The maximum atomic E-state index is 11.3. The Morgan fingerprint density at radius 3 is 1.32 bits per heavy atom. The maximum Gasteiger partial charge on any atom is 0.109 e. The molecule has 2 aromatic carbocycles. The average Bonchev–Trinajstić information content (AvgIpc) is 2.40. The highest BCUT2D eigenvalue weighted by molar-refractivity contribution is 6.59. The highest BCUT2D eigenvalue weighted by Gasteiger charge is 2.24. The van der Waals surface area contributed by atoms with E-state index in [0.29, 0.717) is 0 Å². The molecule has 0 fully saturated rings. The average molecular weight is 398 g/mol. The quantitative estimate of drug-likeness (QED) is 0.354. The molecule has 0 atom stereocenters. The van der Waals surface area contributed by atoms with E-state index >= 15 is 0 Å². The van der Waals surface area contributed by atoms with Crippen molar-refractivity contribution in [1.82, 2.24) is 0 Å². The van der Waals surface area contributed by atoms with Crippen molar-refractivity contribution in [3.05, 3.63) is 40.7 Å². The third-order valence-corrected chi connectivity index (χ3v) is 5.75. The number of rotatable bonds is 1. The van der Waals surface area contributed by atoms with Gasteiger partial charge in [0.05, 0.1) is 35.2 Å². The van der Waals surface area contributed by atoms with Crippen LogP contribution in [0, 0.1) is 0 Å². The molecule has 0 spiro atoms. The molecular formula is C11H2Cl7O. The molecule has 2 rings (SSSR count). The first-order valence-corrected chi connectivity index (χ1v) is 7.36. The van der Waals surface area contributed by atoms with Crippen molar-refractivity contribution in [2.24, 2.45) is 0 Å². The Balaban J connectivity index is 3.21. The van der Waals surface area contributed by atoms with Crippen LogP contribution in [0.4, 0.5) is 0 Å². The van der Waals surface area contributed by atoms with Gasteiger partial charge in [0.25, 0.3) is 0 Å². The summed E-state index contributed by atoms with van der Waals surface area (Å²) in [6.45, 7) is -0.653. The van der Waals surface area contributed by atoms with Gasteiger partial charge in [0.2, 0.25) is 0 Å². The third-order valence-electron chi connectivity index (χ3n) is 2.58. The third kappa shape index (κ3) is 2.39. The summed E-state index contributed by atoms with van der Waals surface area (Å²) in [5, 5.41) is 12.2. The molecular weight excluding hydrogens is 396 g/mol. The second-order valence-corrected chi connectivity index (χ2v) is 6.22. The molecule has 2 aromatic rings. The van der Waals surface area contributed by atoms with Gasteiger partial charge in [0.1, 0.15) is 6.61 Å². The van der Waals surface area contributed by atoms with Gasteiger partial charge in [0, 0.05) is 16.3 Å². The highest BCUT2D eigenvalue weighted by atomic mass is 35.5.